The van der Waals surface area contributed by atoms with Gasteiger partial charge in [0.15, 0.2) is 0 Å². The van der Waals surface area contributed by atoms with E-state index in [0.29, 0.717) is 18.8 Å². The third-order valence-corrected chi connectivity index (χ3v) is 2.35. The van der Waals surface area contributed by atoms with Crippen molar-refractivity contribution >= 4 is 6.09 Å². The molecule has 2 N–H and O–H groups in total. The minimum absolute atomic E-state index is 0.339. The van der Waals surface area contributed by atoms with E-state index in [1.807, 2.05) is 19.1 Å². The fourth-order valence-corrected chi connectivity index (χ4v) is 1.20. The van der Waals surface area contributed by atoms with Gasteiger partial charge in [0.25, 0.3) is 0 Å². The number of rotatable bonds is 4. The first kappa shape index (κ1) is 12.5. The molecule has 0 unspecified atom stereocenters. The largest absolute Gasteiger partial charge is 0.414 e. The van der Waals surface area contributed by atoms with Crippen molar-refractivity contribution in [2.75, 3.05) is 20.1 Å². The minimum atomic E-state index is -0.339. The maximum Gasteiger partial charge on any atom is 0.414 e. The summed E-state index contributed by atoms with van der Waals surface area (Å²) in [4.78, 5) is 12.9. The molecule has 0 aliphatic heterocycles. The van der Waals surface area contributed by atoms with Gasteiger partial charge in [-0.2, -0.15) is 0 Å². The Kier molecular flexibility index (Phi) is 4.79. The molecule has 1 aromatic rings. The van der Waals surface area contributed by atoms with Gasteiger partial charge in [0.2, 0.25) is 0 Å². The first-order chi connectivity index (χ1) is 7.67. The molecule has 0 atom stereocenters. The Hall–Kier alpha value is -1.55. The number of carbonyl (C=O) groups excluding carboxylic acids is 1. The number of nitrogens with zero attached hydrogens (tertiary/aromatic N) is 1. The Balaban J connectivity index is 2.58. The van der Waals surface area contributed by atoms with E-state index in [4.69, 9.17) is 10.5 Å². The molecule has 0 heterocycles. The lowest BCUT2D eigenvalue weighted by Crippen LogP contribution is -2.29. The number of hydrogen-bond acceptors (Lipinski definition) is 3. The van der Waals surface area contributed by atoms with Gasteiger partial charge in [-0.15, -0.1) is 0 Å². The topological polar surface area (TPSA) is 55.6 Å². The van der Waals surface area contributed by atoms with Crippen LogP contribution in [0, 0.1) is 0 Å². The van der Waals surface area contributed by atoms with E-state index in [1.165, 1.54) is 4.90 Å². The molecule has 88 valence electrons. The average molecular weight is 222 g/mol. The third kappa shape index (κ3) is 3.55. The van der Waals surface area contributed by atoms with Gasteiger partial charge in [-0.25, -0.2) is 4.79 Å². The second-order valence-corrected chi connectivity index (χ2v) is 3.56. The van der Waals surface area contributed by atoms with E-state index in [0.717, 1.165) is 12.0 Å². The molecule has 1 rings (SSSR count). The molecule has 16 heavy (non-hydrogen) atoms. The highest BCUT2D eigenvalue weighted by Crippen LogP contribution is 2.13. The summed E-state index contributed by atoms with van der Waals surface area (Å²) in [5.74, 6) is 0.561. The maximum atomic E-state index is 11.4. The number of ether oxygens (including phenoxy) is 1. The standard InChI is InChI=1S/C12H18N2O2/c1-3-14(2)12(15)16-11-6-4-10(5-7-11)8-9-13/h4-7H,3,8-9,13H2,1-2H3. The number of hydrogen-bond donors (Lipinski definition) is 1. The Morgan fingerprint density at radius 2 is 2.00 bits per heavy atom. The Morgan fingerprint density at radius 1 is 1.38 bits per heavy atom. The van der Waals surface area contributed by atoms with E-state index >= 15 is 0 Å². The summed E-state index contributed by atoms with van der Waals surface area (Å²) in [7, 11) is 1.70. The predicted molar refractivity (Wildman–Crippen MR) is 63.5 cm³/mol. The Bertz CT molecular complexity index is 335. The summed E-state index contributed by atoms with van der Waals surface area (Å²) in [5.41, 5.74) is 6.59. The second kappa shape index (κ2) is 6.12. The maximum absolute atomic E-state index is 11.4. The smallest absolute Gasteiger partial charge is 0.410 e. The van der Waals surface area contributed by atoms with Crippen LogP contribution in [0.15, 0.2) is 24.3 Å². The van der Waals surface area contributed by atoms with E-state index < -0.39 is 0 Å². The molecular formula is C12H18N2O2. The van der Waals surface area contributed by atoms with E-state index in [9.17, 15) is 4.79 Å². The lowest BCUT2D eigenvalue weighted by Gasteiger charge is -2.14. The van der Waals surface area contributed by atoms with E-state index in [-0.39, 0.29) is 6.09 Å². The summed E-state index contributed by atoms with van der Waals surface area (Å²) >= 11 is 0. The number of carbonyl (C=O) groups is 1. The molecule has 0 saturated heterocycles. The quantitative estimate of drug-likeness (QED) is 0.842. The van der Waals surface area contributed by atoms with Crippen LogP contribution in [0.2, 0.25) is 0 Å². The van der Waals surface area contributed by atoms with Crippen LogP contribution < -0.4 is 10.5 Å². The minimum Gasteiger partial charge on any atom is -0.410 e. The van der Waals surface area contributed by atoms with Gasteiger partial charge in [0.05, 0.1) is 0 Å². The van der Waals surface area contributed by atoms with Gasteiger partial charge in [0, 0.05) is 13.6 Å². The highest BCUT2D eigenvalue weighted by molar-refractivity contribution is 5.70. The van der Waals surface area contributed by atoms with Crippen LogP contribution in [0.1, 0.15) is 12.5 Å². The van der Waals surface area contributed by atoms with Crippen LogP contribution in [-0.4, -0.2) is 31.1 Å². The molecule has 0 radical (unpaired) electrons. The summed E-state index contributed by atoms with van der Waals surface area (Å²) in [6, 6.07) is 7.40. The molecule has 4 heteroatoms. The summed E-state index contributed by atoms with van der Waals surface area (Å²) < 4.78 is 5.16. The summed E-state index contributed by atoms with van der Waals surface area (Å²) in [5, 5.41) is 0. The second-order valence-electron chi connectivity index (χ2n) is 3.56. The first-order valence-electron chi connectivity index (χ1n) is 5.39. The van der Waals surface area contributed by atoms with Crippen molar-refractivity contribution in [2.24, 2.45) is 5.73 Å². The third-order valence-electron chi connectivity index (χ3n) is 2.35. The van der Waals surface area contributed by atoms with Gasteiger partial charge in [-0.1, -0.05) is 12.1 Å². The molecular weight excluding hydrogens is 204 g/mol. The van der Waals surface area contributed by atoms with Crippen molar-refractivity contribution in [3.8, 4) is 5.75 Å². The van der Waals surface area contributed by atoms with Crippen molar-refractivity contribution in [3.05, 3.63) is 29.8 Å². The van der Waals surface area contributed by atoms with Gasteiger partial charge >= 0.3 is 6.09 Å². The van der Waals surface area contributed by atoms with Crippen molar-refractivity contribution in [3.63, 3.8) is 0 Å². The van der Waals surface area contributed by atoms with Gasteiger partial charge in [-0.3, -0.25) is 0 Å². The van der Waals surface area contributed by atoms with E-state index in [1.54, 1.807) is 19.2 Å². The van der Waals surface area contributed by atoms with Gasteiger partial charge in [0.1, 0.15) is 5.75 Å². The van der Waals surface area contributed by atoms with Crippen molar-refractivity contribution < 1.29 is 9.53 Å². The van der Waals surface area contributed by atoms with Crippen LogP contribution in [0.3, 0.4) is 0 Å². The fourth-order valence-electron chi connectivity index (χ4n) is 1.20. The lowest BCUT2D eigenvalue weighted by molar-refractivity contribution is 0.165. The molecule has 4 nitrogen and oxygen atoms in total. The normalized spacial score (nSPS) is 9.94. The van der Waals surface area contributed by atoms with Crippen LogP contribution in [-0.2, 0) is 6.42 Å². The summed E-state index contributed by atoms with van der Waals surface area (Å²) in [6.45, 7) is 3.15. The van der Waals surface area contributed by atoms with Crippen LogP contribution in [0.25, 0.3) is 0 Å². The fraction of sp³-hybridized carbons (Fsp3) is 0.417. The molecule has 1 aromatic carbocycles. The number of benzene rings is 1. The molecule has 0 fully saturated rings. The van der Waals surface area contributed by atoms with Gasteiger partial charge < -0.3 is 15.4 Å². The zero-order valence-electron chi connectivity index (χ0n) is 9.77. The molecule has 0 aliphatic carbocycles. The molecule has 0 bridgehead atoms. The Morgan fingerprint density at radius 3 is 2.50 bits per heavy atom. The molecule has 0 aliphatic rings. The first-order valence-corrected chi connectivity index (χ1v) is 5.39. The summed E-state index contributed by atoms with van der Waals surface area (Å²) in [6.07, 6.45) is 0.498. The highest BCUT2D eigenvalue weighted by Gasteiger charge is 2.08. The van der Waals surface area contributed by atoms with Crippen LogP contribution >= 0.6 is 0 Å². The zero-order chi connectivity index (χ0) is 12.0. The lowest BCUT2D eigenvalue weighted by atomic mass is 10.1. The molecule has 0 saturated carbocycles. The number of nitrogens with two attached hydrogens (primary N) is 1. The molecule has 0 aromatic heterocycles. The number of amides is 1. The average Bonchev–Trinajstić information content (AvgIpc) is 2.31. The zero-order valence-corrected chi connectivity index (χ0v) is 9.77. The SMILES string of the molecule is CCN(C)C(=O)Oc1ccc(CCN)cc1. The monoisotopic (exact) mass is 222 g/mol. The highest BCUT2D eigenvalue weighted by atomic mass is 16.6. The van der Waals surface area contributed by atoms with Crippen molar-refractivity contribution in [1.82, 2.24) is 4.90 Å². The van der Waals surface area contributed by atoms with Crippen molar-refractivity contribution in [2.45, 2.75) is 13.3 Å². The molecule has 0 spiro atoms. The van der Waals surface area contributed by atoms with Crippen molar-refractivity contribution in [1.29, 1.82) is 0 Å². The van der Waals surface area contributed by atoms with Crippen LogP contribution in [0.4, 0.5) is 4.79 Å². The molecule has 1 amide bonds. The van der Waals surface area contributed by atoms with E-state index in [2.05, 4.69) is 0 Å². The van der Waals surface area contributed by atoms with Gasteiger partial charge in [-0.05, 0) is 37.6 Å². The van der Waals surface area contributed by atoms with Crippen LogP contribution in [0.5, 0.6) is 5.75 Å². The predicted octanol–water partition coefficient (Wildman–Crippen LogP) is 1.64. The Labute approximate surface area is 96.0 Å².